The number of halogens is 2. The molecule has 1 amide bonds. The normalized spacial score (nSPS) is 16.7. The summed E-state index contributed by atoms with van der Waals surface area (Å²) in [5.41, 5.74) is 1.17. The van der Waals surface area contributed by atoms with E-state index in [1.54, 1.807) is 24.3 Å². The minimum atomic E-state index is -0.111. The molecular formula is C19H20Cl2N2O2. The molecule has 132 valence electrons. The van der Waals surface area contributed by atoms with Gasteiger partial charge in [-0.05, 0) is 60.9 Å². The highest BCUT2D eigenvalue weighted by molar-refractivity contribution is 6.30. The first-order valence-electron chi connectivity index (χ1n) is 8.26. The van der Waals surface area contributed by atoms with E-state index in [1.165, 1.54) is 5.69 Å². The van der Waals surface area contributed by atoms with Crippen molar-refractivity contribution in [1.29, 1.82) is 0 Å². The maximum atomic E-state index is 11.9. The molecule has 3 rings (SSSR count). The Morgan fingerprint density at radius 2 is 1.72 bits per heavy atom. The maximum Gasteiger partial charge on any atom is 0.257 e. The number of ether oxygens (including phenoxy) is 1. The number of rotatable bonds is 6. The van der Waals surface area contributed by atoms with Gasteiger partial charge in [0, 0.05) is 35.4 Å². The molecule has 1 aliphatic rings. The Kier molecular flexibility index (Phi) is 6.05. The largest absolute Gasteiger partial charge is 0.484 e. The van der Waals surface area contributed by atoms with Gasteiger partial charge < -0.3 is 15.0 Å². The Morgan fingerprint density at radius 3 is 2.40 bits per heavy atom. The summed E-state index contributed by atoms with van der Waals surface area (Å²) in [5.74, 6) is 0.962. The lowest BCUT2D eigenvalue weighted by Crippen LogP contribution is -2.34. The van der Waals surface area contributed by atoms with Gasteiger partial charge >= 0.3 is 0 Å². The third kappa shape index (κ3) is 5.28. The summed E-state index contributed by atoms with van der Waals surface area (Å²) in [5, 5.41) is 4.33. The van der Waals surface area contributed by atoms with Gasteiger partial charge in [-0.1, -0.05) is 23.2 Å². The van der Waals surface area contributed by atoms with E-state index in [4.69, 9.17) is 27.9 Å². The van der Waals surface area contributed by atoms with E-state index < -0.39 is 0 Å². The third-order valence-electron chi connectivity index (χ3n) is 4.25. The molecule has 25 heavy (non-hydrogen) atoms. The molecule has 0 aromatic heterocycles. The number of carbonyl (C=O) groups is 1. The molecule has 1 fully saturated rings. The number of hydrogen-bond donors (Lipinski definition) is 1. The standard InChI is InChI=1S/C19H20Cl2N2O2/c20-15-1-5-17(6-2-15)23-10-9-14(12-23)11-22-19(24)13-25-18-7-3-16(21)4-8-18/h1-8,14H,9-13H2,(H,22,24)/t14-/m1/s1. The average Bonchev–Trinajstić information content (AvgIpc) is 3.09. The van der Waals surface area contributed by atoms with Crippen LogP contribution in [0.25, 0.3) is 0 Å². The van der Waals surface area contributed by atoms with Gasteiger partial charge in [-0.3, -0.25) is 4.79 Å². The fourth-order valence-electron chi connectivity index (χ4n) is 2.87. The lowest BCUT2D eigenvalue weighted by atomic mass is 10.1. The molecule has 0 spiro atoms. The number of benzene rings is 2. The van der Waals surface area contributed by atoms with E-state index >= 15 is 0 Å². The first-order chi connectivity index (χ1) is 12.1. The quantitative estimate of drug-likeness (QED) is 0.825. The Hall–Kier alpha value is -1.91. The Labute approximate surface area is 157 Å². The monoisotopic (exact) mass is 378 g/mol. The second-order valence-electron chi connectivity index (χ2n) is 6.12. The summed E-state index contributed by atoms with van der Waals surface area (Å²) in [6, 6.07) is 14.8. The van der Waals surface area contributed by atoms with Gasteiger partial charge in [0.2, 0.25) is 0 Å². The highest BCUT2D eigenvalue weighted by Gasteiger charge is 2.23. The topological polar surface area (TPSA) is 41.6 Å². The fraction of sp³-hybridized carbons (Fsp3) is 0.316. The maximum absolute atomic E-state index is 11.9. The number of nitrogens with one attached hydrogen (secondary N) is 1. The molecule has 0 saturated carbocycles. The molecule has 2 aromatic rings. The summed E-state index contributed by atoms with van der Waals surface area (Å²) in [4.78, 5) is 14.3. The summed E-state index contributed by atoms with van der Waals surface area (Å²) in [6.45, 7) is 2.59. The van der Waals surface area contributed by atoms with Crippen LogP contribution >= 0.6 is 23.2 Å². The van der Waals surface area contributed by atoms with Gasteiger partial charge in [0.05, 0.1) is 0 Å². The minimum Gasteiger partial charge on any atom is -0.484 e. The van der Waals surface area contributed by atoms with Crippen LogP contribution in [0.4, 0.5) is 5.69 Å². The number of anilines is 1. The van der Waals surface area contributed by atoms with Crippen molar-refractivity contribution in [3.05, 3.63) is 58.6 Å². The summed E-state index contributed by atoms with van der Waals surface area (Å²) in [6.07, 6.45) is 1.06. The van der Waals surface area contributed by atoms with Gasteiger partial charge in [-0.25, -0.2) is 0 Å². The van der Waals surface area contributed by atoms with Crippen molar-refractivity contribution in [2.24, 2.45) is 5.92 Å². The predicted octanol–water partition coefficient (Wildman–Crippen LogP) is 4.01. The molecule has 6 heteroatoms. The van der Waals surface area contributed by atoms with Crippen LogP contribution in [0, 0.1) is 5.92 Å². The molecule has 2 aromatic carbocycles. The predicted molar refractivity (Wildman–Crippen MR) is 102 cm³/mol. The van der Waals surface area contributed by atoms with Gasteiger partial charge in [-0.15, -0.1) is 0 Å². The van der Waals surface area contributed by atoms with Crippen LogP contribution in [0.1, 0.15) is 6.42 Å². The molecule has 1 N–H and O–H groups in total. The highest BCUT2D eigenvalue weighted by atomic mass is 35.5. The van der Waals surface area contributed by atoms with Crippen LogP contribution in [-0.2, 0) is 4.79 Å². The van der Waals surface area contributed by atoms with Crippen molar-refractivity contribution >= 4 is 34.8 Å². The molecule has 1 heterocycles. The molecule has 1 saturated heterocycles. The van der Waals surface area contributed by atoms with Crippen molar-refractivity contribution in [3.8, 4) is 5.75 Å². The zero-order valence-corrected chi connectivity index (χ0v) is 15.3. The van der Waals surface area contributed by atoms with Crippen LogP contribution in [0.2, 0.25) is 10.0 Å². The summed E-state index contributed by atoms with van der Waals surface area (Å²) >= 11 is 11.7. The van der Waals surface area contributed by atoms with Crippen LogP contribution in [0.5, 0.6) is 5.75 Å². The Balaban J connectivity index is 1.39. The fourth-order valence-corrected chi connectivity index (χ4v) is 3.13. The first kappa shape index (κ1) is 17.9. The summed E-state index contributed by atoms with van der Waals surface area (Å²) < 4.78 is 5.45. The third-order valence-corrected chi connectivity index (χ3v) is 4.75. The van der Waals surface area contributed by atoms with E-state index in [0.29, 0.717) is 23.2 Å². The van der Waals surface area contributed by atoms with Crippen LogP contribution < -0.4 is 15.0 Å². The minimum absolute atomic E-state index is 0.00918. The van der Waals surface area contributed by atoms with Gasteiger partial charge in [-0.2, -0.15) is 0 Å². The lowest BCUT2D eigenvalue weighted by molar-refractivity contribution is -0.123. The second kappa shape index (κ2) is 8.45. The molecular weight excluding hydrogens is 359 g/mol. The number of nitrogens with zero attached hydrogens (tertiary/aromatic N) is 1. The van der Waals surface area contributed by atoms with Crippen molar-refractivity contribution in [1.82, 2.24) is 5.32 Å². The molecule has 0 bridgehead atoms. The van der Waals surface area contributed by atoms with E-state index in [-0.39, 0.29) is 12.5 Å². The second-order valence-corrected chi connectivity index (χ2v) is 7.00. The first-order valence-corrected chi connectivity index (χ1v) is 9.01. The highest BCUT2D eigenvalue weighted by Crippen LogP contribution is 2.24. The Bertz CT molecular complexity index is 704. The van der Waals surface area contributed by atoms with Crippen molar-refractivity contribution in [3.63, 3.8) is 0 Å². The molecule has 0 radical (unpaired) electrons. The van der Waals surface area contributed by atoms with E-state index in [1.807, 2.05) is 24.3 Å². The molecule has 1 aliphatic heterocycles. The molecule has 4 nitrogen and oxygen atoms in total. The van der Waals surface area contributed by atoms with Crippen LogP contribution in [0.3, 0.4) is 0 Å². The van der Waals surface area contributed by atoms with Crippen molar-refractivity contribution < 1.29 is 9.53 Å². The van der Waals surface area contributed by atoms with E-state index in [2.05, 4.69) is 10.2 Å². The molecule has 0 unspecified atom stereocenters. The van der Waals surface area contributed by atoms with Crippen LogP contribution in [-0.4, -0.2) is 32.1 Å². The zero-order chi connectivity index (χ0) is 17.6. The van der Waals surface area contributed by atoms with Gasteiger partial charge in [0.15, 0.2) is 6.61 Å². The van der Waals surface area contributed by atoms with Gasteiger partial charge in [0.1, 0.15) is 5.75 Å². The lowest BCUT2D eigenvalue weighted by Gasteiger charge is -2.19. The number of amides is 1. The molecule has 1 atom stereocenters. The number of hydrogen-bond acceptors (Lipinski definition) is 3. The number of carbonyl (C=O) groups excluding carboxylic acids is 1. The SMILES string of the molecule is O=C(COc1ccc(Cl)cc1)NC[C@H]1CCN(c2ccc(Cl)cc2)C1. The van der Waals surface area contributed by atoms with Crippen molar-refractivity contribution in [2.45, 2.75) is 6.42 Å². The Morgan fingerprint density at radius 1 is 1.08 bits per heavy atom. The molecule has 0 aliphatic carbocycles. The van der Waals surface area contributed by atoms with Crippen molar-refractivity contribution in [2.75, 3.05) is 31.1 Å². The van der Waals surface area contributed by atoms with Crippen LogP contribution in [0.15, 0.2) is 48.5 Å². The van der Waals surface area contributed by atoms with E-state index in [9.17, 15) is 4.79 Å². The zero-order valence-electron chi connectivity index (χ0n) is 13.8. The summed E-state index contributed by atoms with van der Waals surface area (Å²) in [7, 11) is 0. The smallest absolute Gasteiger partial charge is 0.257 e. The van der Waals surface area contributed by atoms with Gasteiger partial charge in [0.25, 0.3) is 5.91 Å². The van der Waals surface area contributed by atoms with E-state index in [0.717, 1.165) is 24.5 Å². The average molecular weight is 379 g/mol.